The fraction of sp³-hybridized carbons (Fsp3) is 0.625. The molecule has 0 aliphatic heterocycles. The first-order chi connectivity index (χ1) is 12.5. The highest BCUT2D eigenvalue weighted by molar-refractivity contribution is 5.69. The molecule has 0 bridgehead atoms. The maximum absolute atomic E-state index is 11.5. The molecule has 0 aromatic heterocycles. The first kappa shape index (κ1) is 23.8. The second-order valence-corrected chi connectivity index (χ2v) is 5.26. The van der Waals surface area contributed by atoms with Gasteiger partial charge in [-0.25, -0.2) is 0 Å². The van der Waals surface area contributed by atoms with E-state index in [1.54, 1.807) is 6.07 Å². The molecule has 0 aromatic carbocycles. The third-order valence-electron chi connectivity index (χ3n) is 2.78. The van der Waals surface area contributed by atoms with Crippen LogP contribution in [0.4, 0.5) is 0 Å². The van der Waals surface area contributed by atoms with Gasteiger partial charge in [-0.3, -0.25) is 24.0 Å². The molecular weight excluding hydrogens is 366 g/mol. The number of hydrogen-bond donors (Lipinski definition) is 0. The van der Waals surface area contributed by atoms with Crippen LogP contribution in [-0.2, 0) is 47.7 Å². The quantitative estimate of drug-likeness (QED) is 0.381. The summed E-state index contributed by atoms with van der Waals surface area (Å²) >= 11 is 0. The smallest absolute Gasteiger partial charge is 0.304 e. The molecule has 0 saturated heterocycles. The molecule has 11 heteroatoms. The number of nitriles is 1. The van der Waals surface area contributed by atoms with Crippen LogP contribution in [0.5, 0.6) is 0 Å². The van der Waals surface area contributed by atoms with Crippen LogP contribution in [0.2, 0.25) is 0 Å². The van der Waals surface area contributed by atoms with Crippen molar-refractivity contribution in [2.24, 2.45) is 0 Å². The Kier molecular flexibility index (Phi) is 10.1. The zero-order valence-electron chi connectivity index (χ0n) is 15.5. The Morgan fingerprint density at radius 2 is 1.15 bits per heavy atom. The molecule has 0 spiro atoms. The second kappa shape index (κ2) is 11.5. The number of carbonyl (C=O) groups is 5. The Labute approximate surface area is 155 Å². The van der Waals surface area contributed by atoms with Gasteiger partial charge in [-0.2, -0.15) is 5.26 Å². The van der Waals surface area contributed by atoms with Crippen LogP contribution in [0.1, 0.15) is 34.6 Å². The van der Waals surface area contributed by atoms with Crippen molar-refractivity contribution in [3.63, 3.8) is 0 Å². The Morgan fingerprint density at radius 1 is 0.704 bits per heavy atom. The Morgan fingerprint density at radius 3 is 1.52 bits per heavy atom. The summed E-state index contributed by atoms with van der Waals surface area (Å²) in [7, 11) is 0. The molecule has 0 rings (SSSR count). The largest absolute Gasteiger partial charge is 0.462 e. The third-order valence-corrected chi connectivity index (χ3v) is 2.78. The van der Waals surface area contributed by atoms with Gasteiger partial charge >= 0.3 is 29.8 Å². The minimum absolute atomic E-state index is 0.567. The summed E-state index contributed by atoms with van der Waals surface area (Å²) in [5.74, 6) is -4.19. The summed E-state index contributed by atoms with van der Waals surface area (Å²) in [5.41, 5.74) is 0. The number of nitrogens with zero attached hydrogens (tertiary/aromatic N) is 1. The second-order valence-electron chi connectivity index (χ2n) is 5.26. The summed E-state index contributed by atoms with van der Waals surface area (Å²) in [6.07, 6.45) is -6.38. The molecule has 0 aliphatic rings. The molecule has 0 aliphatic carbocycles. The van der Waals surface area contributed by atoms with E-state index in [9.17, 15) is 29.2 Å². The van der Waals surface area contributed by atoms with Gasteiger partial charge in [-0.15, -0.1) is 0 Å². The van der Waals surface area contributed by atoms with Crippen LogP contribution in [0.15, 0.2) is 0 Å². The van der Waals surface area contributed by atoms with Gasteiger partial charge in [-0.1, -0.05) is 0 Å². The maximum Gasteiger partial charge on any atom is 0.304 e. The zero-order chi connectivity index (χ0) is 21.1. The fourth-order valence-electron chi connectivity index (χ4n) is 1.99. The highest BCUT2D eigenvalue weighted by atomic mass is 16.6. The minimum Gasteiger partial charge on any atom is -0.462 e. The van der Waals surface area contributed by atoms with E-state index < -0.39 is 60.9 Å². The lowest BCUT2D eigenvalue weighted by atomic mass is 10.0. The molecule has 0 fully saturated rings. The molecule has 0 unspecified atom stereocenters. The van der Waals surface area contributed by atoms with Crippen LogP contribution >= 0.6 is 0 Å². The van der Waals surface area contributed by atoms with Crippen molar-refractivity contribution in [1.82, 2.24) is 0 Å². The van der Waals surface area contributed by atoms with Crippen molar-refractivity contribution in [2.45, 2.75) is 59.0 Å². The molecule has 11 nitrogen and oxygen atoms in total. The third kappa shape index (κ3) is 9.78. The van der Waals surface area contributed by atoms with E-state index in [1.807, 2.05) is 0 Å². The van der Waals surface area contributed by atoms with E-state index in [4.69, 9.17) is 23.7 Å². The SMILES string of the molecule is CC(=O)OC[C@@H](OC(C)=O)[C@@H](OC(C)=O)[C@H](OC(C)=O)[C@@H](C#N)OC(C)=O. The van der Waals surface area contributed by atoms with E-state index in [0.717, 1.165) is 34.6 Å². The van der Waals surface area contributed by atoms with Crippen LogP contribution in [0.25, 0.3) is 0 Å². The molecule has 27 heavy (non-hydrogen) atoms. The number of esters is 5. The van der Waals surface area contributed by atoms with Crippen molar-refractivity contribution in [2.75, 3.05) is 6.61 Å². The fourth-order valence-corrected chi connectivity index (χ4v) is 1.99. The predicted molar refractivity (Wildman–Crippen MR) is 84.5 cm³/mol. The molecule has 0 radical (unpaired) electrons. The van der Waals surface area contributed by atoms with Gasteiger partial charge in [0.25, 0.3) is 0 Å². The van der Waals surface area contributed by atoms with Crippen molar-refractivity contribution < 1.29 is 47.7 Å². The number of rotatable bonds is 9. The molecule has 150 valence electrons. The van der Waals surface area contributed by atoms with Crippen LogP contribution in [0, 0.1) is 11.3 Å². The molecule has 4 atom stereocenters. The van der Waals surface area contributed by atoms with Crippen LogP contribution < -0.4 is 0 Å². The highest BCUT2D eigenvalue weighted by Gasteiger charge is 2.44. The van der Waals surface area contributed by atoms with E-state index in [0.29, 0.717) is 0 Å². The van der Waals surface area contributed by atoms with Gasteiger partial charge in [0.2, 0.25) is 6.10 Å². The molecule has 0 saturated carbocycles. The lowest BCUT2D eigenvalue weighted by Gasteiger charge is -2.33. The molecule has 0 N–H and O–H groups in total. The van der Waals surface area contributed by atoms with Crippen LogP contribution in [0.3, 0.4) is 0 Å². The first-order valence-corrected chi connectivity index (χ1v) is 7.69. The molecular formula is C16H21NO10. The first-order valence-electron chi connectivity index (χ1n) is 7.69. The van der Waals surface area contributed by atoms with Gasteiger partial charge in [0.15, 0.2) is 18.3 Å². The molecule has 0 aromatic rings. The number of hydrogen-bond acceptors (Lipinski definition) is 11. The Bertz CT molecular complexity index is 623. The zero-order valence-corrected chi connectivity index (χ0v) is 15.5. The van der Waals surface area contributed by atoms with Gasteiger partial charge in [0, 0.05) is 34.6 Å². The van der Waals surface area contributed by atoms with Crippen molar-refractivity contribution in [1.29, 1.82) is 5.26 Å². The van der Waals surface area contributed by atoms with Crippen molar-refractivity contribution >= 4 is 29.8 Å². The van der Waals surface area contributed by atoms with E-state index in [-0.39, 0.29) is 0 Å². The summed E-state index contributed by atoms with van der Waals surface area (Å²) in [4.78, 5) is 56.7. The standard InChI is InChI=1S/C16H21NO10/c1-8(18)23-7-14(25-10(3)20)16(27-12(5)22)15(26-11(4)21)13(6-17)24-9(2)19/h13-16H,7H2,1-5H3/t13-,14-,15-,16-/m1/s1. The lowest BCUT2D eigenvalue weighted by Crippen LogP contribution is -2.52. The van der Waals surface area contributed by atoms with Crippen LogP contribution in [-0.4, -0.2) is 60.9 Å². The summed E-state index contributed by atoms with van der Waals surface area (Å²) in [5, 5.41) is 9.27. The van der Waals surface area contributed by atoms with Gasteiger partial charge in [-0.05, 0) is 0 Å². The topological polar surface area (TPSA) is 155 Å². The van der Waals surface area contributed by atoms with Gasteiger partial charge in [0.05, 0.1) is 0 Å². The highest BCUT2D eigenvalue weighted by Crippen LogP contribution is 2.19. The van der Waals surface area contributed by atoms with Gasteiger partial charge in [0.1, 0.15) is 12.7 Å². The van der Waals surface area contributed by atoms with E-state index in [2.05, 4.69) is 0 Å². The maximum atomic E-state index is 11.5. The summed E-state index contributed by atoms with van der Waals surface area (Å²) in [6, 6.07) is 1.61. The monoisotopic (exact) mass is 387 g/mol. The van der Waals surface area contributed by atoms with Crippen molar-refractivity contribution in [3.05, 3.63) is 0 Å². The number of ether oxygens (including phenoxy) is 5. The normalized spacial score (nSPS) is 14.4. The van der Waals surface area contributed by atoms with E-state index in [1.165, 1.54) is 0 Å². The van der Waals surface area contributed by atoms with Gasteiger partial charge < -0.3 is 23.7 Å². The predicted octanol–water partition coefficient (Wildman–Crippen LogP) is -0.200. The molecule has 0 heterocycles. The Hall–Kier alpha value is -3.16. The van der Waals surface area contributed by atoms with Crippen molar-refractivity contribution in [3.8, 4) is 6.07 Å². The summed E-state index contributed by atoms with van der Waals surface area (Å²) < 4.78 is 24.6. The summed E-state index contributed by atoms with van der Waals surface area (Å²) in [6.45, 7) is 4.60. The average molecular weight is 387 g/mol. The lowest BCUT2D eigenvalue weighted by molar-refractivity contribution is -0.198. The number of carbonyl (C=O) groups excluding carboxylic acids is 5. The molecule has 0 amide bonds. The Balaban J connectivity index is 6.01. The minimum atomic E-state index is -1.69. The van der Waals surface area contributed by atoms with E-state index >= 15 is 0 Å². The average Bonchev–Trinajstić information content (AvgIpc) is 2.51.